The molecule has 2 nitrogen and oxygen atoms in total. The van der Waals surface area contributed by atoms with Gasteiger partial charge in [0, 0.05) is 5.41 Å². The predicted molar refractivity (Wildman–Crippen MR) is 101 cm³/mol. The molecule has 2 aromatic carbocycles. The number of phenols is 2. The van der Waals surface area contributed by atoms with Crippen molar-refractivity contribution in [3.05, 3.63) is 84.0 Å². The molecule has 0 aromatic heterocycles. The summed E-state index contributed by atoms with van der Waals surface area (Å²) in [5.74, 6) is 0.602. The Morgan fingerprint density at radius 1 is 0.875 bits per heavy atom. The molecular weight excluding hydrogens is 296 g/mol. The average molecular weight is 322 g/mol. The van der Waals surface area contributed by atoms with Gasteiger partial charge in [-0.25, -0.2) is 0 Å². The van der Waals surface area contributed by atoms with Gasteiger partial charge in [0.2, 0.25) is 0 Å². The van der Waals surface area contributed by atoms with E-state index in [9.17, 15) is 10.2 Å². The van der Waals surface area contributed by atoms with E-state index in [0.717, 1.165) is 28.7 Å². The van der Waals surface area contributed by atoms with Crippen LogP contribution in [0.25, 0.3) is 0 Å². The summed E-state index contributed by atoms with van der Waals surface area (Å²) in [6, 6.07) is 11.6. The van der Waals surface area contributed by atoms with Crippen LogP contribution in [-0.2, 0) is 18.3 Å². The first-order chi connectivity index (χ1) is 11.5. The van der Waals surface area contributed by atoms with Gasteiger partial charge in [0.15, 0.2) is 0 Å². The number of benzene rings is 2. The Morgan fingerprint density at radius 2 is 1.29 bits per heavy atom. The maximum atomic E-state index is 10.0. The van der Waals surface area contributed by atoms with E-state index >= 15 is 0 Å². The predicted octanol–water partition coefficient (Wildman–Crippen LogP) is 5.27. The van der Waals surface area contributed by atoms with Gasteiger partial charge < -0.3 is 10.2 Å². The van der Waals surface area contributed by atoms with E-state index in [2.05, 4.69) is 39.1 Å². The molecule has 0 saturated heterocycles. The largest absolute Gasteiger partial charge is 0.508 e. The summed E-state index contributed by atoms with van der Waals surface area (Å²) in [5, 5.41) is 20.1. The van der Waals surface area contributed by atoms with Crippen molar-refractivity contribution >= 4 is 0 Å². The van der Waals surface area contributed by atoms with Crippen molar-refractivity contribution in [3.8, 4) is 11.5 Å². The molecule has 0 radical (unpaired) electrons. The molecule has 0 aliphatic heterocycles. The van der Waals surface area contributed by atoms with Crippen molar-refractivity contribution in [1.29, 1.82) is 0 Å². The molecular formula is C22H26O2. The van der Waals surface area contributed by atoms with Gasteiger partial charge in [-0.3, -0.25) is 0 Å². The zero-order valence-corrected chi connectivity index (χ0v) is 14.5. The molecule has 2 rings (SSSR count). The topological polar surface area (TPSA) is 40.5 Å². The number of aromatic hydroxyl groups is 2. The fourth-order valence-corrected chi connectivity index (χ4v) is 3.07. The van der Waals surface area contributed by atoms with Crippen molar-refractivity contribution in [2.24, 2.45) is 0 Å². The van der Waals surface area contributed by atoms with Gasteiger partial charge in [-0.05, 0) is 53.6 Å². The molecule has 0 aliphatic carbocycles. The van der Waals surface area contributed by atoms with Crippen molar-refractivity contribution in [1.82, 2.24) is 0 Å². The third-order valence-electron chi connectivity index (χ3n) is 4.87. The standard InChI is InChI=1S/C22H26O2/c1-5-8-16-14-18(10-12-20(16)23)22(4,7-3)19-11-13-21(24)17(15-19)9-6-2/h5-6,10-15,23-24H,1-2,7-9H2,3-4H3. The lowest BCUT2D eigenvalue weighted by Crippen LogP contribution is -2.23. The molecule has 0 amide bonds. The van der Waals surface area contributed by atoms with Crippen molar-refractivity contribution in [3.63, 3.8) is 0 Å². The Hall–Kier alpha value is -2.48. The van der Waals surface area contributed by atoms with Crippen LogP contribution in [0.1, 0.15) is 42.5 Å². The Kier molecular flexibility index (Phi) is 5.50. The van der Waals surface area contributed by atoms with E-state index in [1.54, 1.807) is 24.3 Å². The zero-order chi connectivity index (χ0) is 17.7. The fraction of sp³-hybridized carbons (Fsp3) is 0.273. The molecule has 0 atom stereocenters. The second-order valence-corrected chi connectivity index (χ2v) is 6.36. The summed E-state index contributed by atoms with van der Waals surface area (Å²) in [6.45, 7) is 11.9. The van der Waals surface area contributed by atoms with E-state index in [4.69, 9.17) is 0 Å². The Bertz CT molecular complexity index is 684. The molecule has 0 bridgehead atoms. The van der Waals surface area contributed by atoms with E-state index in [-0.39, 0.29) is 5.41 Å². The highest BCUT2D eigenvalue weighted by atomic mass is 16.3. The van der Waals surface area contributed by atoms with Gasteiger partial charge in [0.1, 0.15) is 11.5 Å². The fourth-order valence-electron chi connectivity index (χ4n) is 3.07. The average Bonchev–Trinajstić information content (AvgIpc) is 2.58. The van der Waals surface area contributed by atoms with Crippen LogP contribution in [0.2, 0.25) is 0 Å². The Labute approximate surface area is 144 Å². The quantitative estimate of drug-likeness (QED) is 0.682. The minimum Gasteiger partial charge on any atom is -0.508 e. The lowest BCUT2D eigenvalue weighted by molar-refractivity contribution is 0.466. The maximum Gasteiger partial charge on any atom is 0.119 e. The smallest absolute Gasteiger partial charge is 0.119 e. The summed E-state index contributed by atoms with van der Waals surface area (Å²) in [6.07, 6.45) is 5.77. The van der Waals surface area contributed by atoms with Crippen LogP contribution in [0.4, 0.5) is 0 Å². The number of hydrogen-bond acceptors (Lipinski definition) is 2. The van der Waals surface area contributed by atoms with Crippen LogP contribution >= 0.6 is 0 Å². The first-order valence-electron chi connectivity index (χ1n) is 8.32. The first-order valence-corrected chi connectivity index (χ1v) is 8.32. The molecule has 0 saturated carbocycles. The molecule has 0 aliphatic rings. The molecule has 0 heterocycles. The first kappa shape index (κ1) is 17.9. The number of allylic oxidation sites excluding steroid dienone is 2. The lowest BCUT2D eigenvalue weighted by Gasteiger charge is -2.31. The minimum atomic E-state index is -0.201. The summed E-state index contributed by atoms with van der Waals surface area (Å²) >= 11 is 0. The number of rotatable bonds is 7. The molecule has 0 unspecified atom stereocenters. The molecule has 0 spiro atoms. The van der Waals surface area contributed by atoms with E-state index in [1.807, 2.05) is 12.1 Å². The normalized spacial score (nSPS) is 11.2. The van der Waals surface area contributed by atoms with E-state index < -0.39 is 0 Å². The SMILES string of the molecule is C=CCc1cc(C(C)(CC)c2ccc(O)c(CC=C)c2)ccc1O. The van der Waals surface area contributed by atoms with Gasteiger partial charge in [-0.15, -0.1) is 13.2 Å². The van der Waals surface area contributed by atoms with Gasteiger partial charge in [-0.2, -0.15) is 0 Å². The van der Waals surface area contributed by atoms with Gasteiger partial charge >= 0.3 is 0 Å². The lowest BCUT2D eigenvalue weighted by atomic mass is 9.73. The number of phenolic OH excluding ortho intramolecular Hbond substituents is 2. The summed E-state index contributed by atoms with van der Waals surface area (Å²) in [7, 11) is 0. The van der Waals surface area contributed by atoms with Crippen molar-refractivity contribution in [2.75, 3.05) is 0 Å². The van der Waals surface area contributed by atoms with Crippen LogP contribution in [-0.4, -0.2) is 10.2 Å². The zero-order valence-electron chi connectivity index (χ0n) is 14.5. The highest BCUT2D eigenvalue weighted by Crippen LogP contribution is 2.38. The van der Waals surface area contributed by atoms with Crippen LogP contribution in [0, 0.1) is 0 Å². The third kappa shape index (κ3) is 3.38. The molecule has 2 N–H and O–H groups in total. The monoisotopic (exact) mass is 322 g/mol. The molecule has 24 heavy (non-hydrogen) atoms. The van der Waals surface area contributed by atoms with Gasteiger partial charge in [-0.1, -0.05) is 50.3 Å². The van der Waals surface area contributed by atoms with Crippen molar-refractivity contribution < 1.29 is 10.2 Å². The van der Waals surface area contributed by atoms with Crippen LogP contribution in [0.15, 0.2) is 61.7 Å². The Morgan fingerprint density at radius 3 is 1.62 bits per heavy atom. The number of hydrogen-bond donors (Lipinski definition) is 2. The van der Waals surface area contributed by atoms with E-state index in [1.165, 1.54) is 0 Å². The highest BCUT2D eigenvalue weighted by Gasteiger charge is 2.28. The molecule has 2 heteroatoms. The second-order valence-electron chi connectivity index (χ2n) is 6.36. The van der Waals surface area contributed by atoms with Crippen LogP contribution in [0.5, 0.6) is 11.5 Å². The van der Waals surface area contributed by atoms with Gasteiger partial charge in [0.25, 0.3) is 0 Å². The minimum absolute atomic E-state index is 0.201. The Balaban J connectivity index is 2.56. The summed E-state index contributed by atoms with van der Waals surface area (Å²) in [4.78, 5) is 0. The van der Waals surface area contributed by atoms with Crippen molar-refractivity contribution in [2.45, 2.75) is 38.5 Å². The maximum absolute atomic E-state index is 10.0. The summed E-state index contributed by atoms with van der Waals surface area (Å²) < 4.78 is 0. The van der Waals surface area contributed by atoms with Gasteiger partial charge in [0.05, 0.1) is 0 Å². The van der Waals surface area contributed by atoms with Crippen LogP contribution < -0.4 is 0 Å². The molecule has 2 aromatic rings. The van der Waals surface area contributed by atoms with E-state index in [0.29, 0.717) is 24.3 Å². The highest BCUT2D eigenvalue weighted by molar-refractivity contribution is 5.48. The van der Waals surface area contributed by atoms with Crippen LogP contribution in [0.3, 0.4) is 0 Å². The third-order valence-corrected chi connectivity index (χ3v) is 4.87. The molecule has 0 fully saturated rings. The summed E-state index contributed by atoms with van der Waals surface area (Å²) in [5.41, 5.74) is 3.86. The molecule has 126 valence electrons. The second kappa shape index (κ2) is 7.39.